The smallest absolute Gasteiger partial charge is 0.456 e. The summed E-state index contributed by atoms with van der Waals surface area (Å²) >= 11 is 0. The second kappa shape index (κ2) is 7.62. The van der Waals surface area contributed by atoms with Gasteiger partial charge in [-0.05, 0) is 75.2 Å². The number of allylic oxidation sites excluding steroid dienone is 1. The molecule has 2 saturated carbocycles. The van der Waals surface area contributed by atoms with E-state index in [-0.39, 0.29) is 5.92 Å². The van der Waals surface area contributed by atoms with Crippen molar-refractivity contribution in [3.8, 4) is 0 Å². The SMILES string of the molecule is O=C(OC1CCC(C2CCC(C=C(F)F)CC2)CC1)C(F)(F)F. The van der Waals surface area contributed by atoms with Crippen molar-refractivity contribution in [2.45, 2.75) is 63.6 Å². The highest BCUT2D eigenvalue weighted by Gasteiger charge is 2.43. The maximum absolute atomic E-state index is 12.2. The van der Waals surface area contributed by atoms with Crippen LogP contribution in [0.25, 0.3) is 0 Å². The number of esters is 1. The van der Waals surface area contributed by atoms with Gasteiger partial charge in [-0.15, -0.1) is 0 Å². The van der Waals surface area contributed by atoms with Gasteiger partial charge in [0.25, 0.3) is 6.08 Å². The Morgan fingerprint density at radius 3 is 1.78 bits per heavy atom. The molecule has 0 heterocycles. The Balaban J connectivity index is 1.73. The summed E-state index contributed by atoms with van der Waals surface area (Å²) in [6.45, 7) is 0. The third kappa shape index (κ3) is 5.46. The van der Waals surface area contributed by atoms with Crippen LogP contribution in [0.15, 0.2) is 12.2 Å². The van der Waals surface area contributed by atoms with Crippen molar-refractivity contribution in [3.05, 3.63) is 12.2 Å². The standard InChI is InChI=1S/C16H21F5O2/c17-14(18)9-10-1-3-11(4-2-10)12-5-7-13(8-6-12)23-15(22)16(19,20)21/h9-13H,1-8H2. The van der Waals surface area contributed by atoms with Crippen LogP contribution in [0.2, 0.25) is 0 Å². The second-order valence-corrected chi connectivity index (χ2v) is 6.57. The van der Waals surface area contributed by atoms with Gasteiger partial charge in [-0.1, -0.05) is 0 Å². The number of hydrogen-bond donors (Lipinski definition) is 0. The van der Waals surface area contributed by atoms with Crippen LogP contribution < -0.4 is 0 Å². The molecular weight excluding hydrogens is 319 g/mol. The molecule has 2 fully saturated rings. The minimum absolute atomic E-state index is 0.0553. The number of alkyl halides is 3. The molecule has 2 rings (SSSR count). The summed E-state index contributed by atoms with van der Waals surface area (Å²) < 4.78 is 65.5. The summed E-state index contributed by atoms with van der Waals surface area (Å²) in [5.41, 5.74) is 0. The molecule has 0 atom stereocenters. The second-order valence-electron chi connectivity index (χ2n) is 6.57. The molecule has 2 nitrogen and oxygen atoms in total. The van der Waals surface area contributed by atoms with E-state index in [1.54, 1.807) is 0 Å². The zero-order chi connectivity index (χ0) is 17.0. The van der Waals surface area contributed by atoms with Crippen molar-refractivity contribution in [1.29, 1.82) is 0 Å². The van der Waals surface area contributed by atoms with Crippen molar-refractivity contribution in [3.63, 3.8) is 0 Å². The van der Waals surface area contributed by atoms with Gasteiger partial charge < -0.3 is 4.74 Å². The molecular formula is C16H21F5O2. The monoisotopic (exact) mass is 340 g/mol. The zero-order valence-electron chi connectivity index (χ0n) is 12.7. The largest absolute Gasteiger partial charge is 0.490 e. The fourth-order valence-corrected chi connectivity index (χ4v) is 3.86. The van der Waals surface area contributed by atoms with Gasteiger partial charge in [0.1, 0.15) is 6.10 Å². The predicted octanol–water partition coefficient (Wildman–Crippen LogP) is 5.24. The highest BCUT2D eigenvalue weighted by molar-refractivity contribution is 5.75. The van der Waals surface area contributed by atoms with E-state index in [0.717, 1.165) is 44.6 Å². The Morgan fingerprint density at radius 2 is 1.35 bits per heavy atom. The Labute approximate surface area is 132 Å². The summed E-state index contributed by atoms with van der Waals surface area (Å²) in [5.74, 6) is -1.32. The van der Waals surface area contributed by atoms with E-state index >= 15 is 0 Å². The summed E-state index contributed by atoms with van der Waals surface area (Å²) in [5, 5.41) is 0. The Bertz CT molecular complexity index is 426. The minimum atomic E-state index is -4.94. The lowest BCUT2D eigenvalue weighted by molar-refractivity contribution is -0.206. The minimum Gasteiger partial charge on any atom is -0.456 e. The maximum Gasteiger partial charge on any atom is 0.490 e. The van der Waals surface area contributed by atoms with E-state index in [1.807, 2.05) is 0 Å². The van der Waals surface area contributed by atoms with Crippen LogP contribution >= 0.6 is 0 Å². The van der Waals surface area contributed by atoms with Gasteiger partial charge in [0.05, 0.1) is 0 Å². The topological polar surface area (TPSA) is 26.3 Å². The Hall–Kier alpha value is -1.14. The lowest BCUT2D eigenvalue weighted by atomic mass is 9.70. The van der Waals surface area contributed by atoms with E-state index < -0.39 is 24.3 Å². The third-order valence-corrected chi connectivity index (χ3v) is 5.07. The summed E-state index contributed by atoms with van der Waals surface area (Å²) in [4.78, 5) is 10.8. The van der Waals surface area contributed by atoms with Crippen molar-refractivity contribution < 1.29 is 31.5 Å². The molecule has 0 saturated heterocycles. The first-order valence-electron chi connectivity index (χ1n) is 8.06. The summed E-state index contributed by atoms with van der Waals surface area (Å²) in [6.07, 6.45) is -0.569. The van der Waals surface area contributed by atoms with E-state index in [2.05, 4.69) is 4.74 Å². The average Bonchev–Trinajstić information content (AvgIpc) is 2.47. The van der Waals surface area contributed by atoms with Crippen LogP contribution in [-0.4, -0.2) is 18.2 Å². The quantitative estimate of drug-likeness (QED) is 0.519. The van der Waals surface area contributed by atoms with Gasteiger partial charge in [0.15, 0.2) is 0 Å². The zero-order valence-corrected chi connectivity index (χ0v) is 12.7. The molecule has 0 spiro atoms. The Morgan fingerprint density at radius 1 is 0.870 bits per heavy atom. The number of rotatable bonds is 3. The molecule has 0 radical (unpaired) electrons. The number of ether oxygens (including phenoxy) is 1. The van der Waals surface area contributed by atoms with Gasteiger partial charge in [0, 0.05) is 0 Å². The number of hydrogen-bond acceptors (Lipinski definition) is 2. The first kappa shape index (κ1) is 18.2. The van der Waals surface area contributed by atoms with Crippen molar-refractivity contribution in [1.82, 2.24) is 0 Å². The molecule has 0 aromatic carbocycles. The average molecular weight is 340 g/mol. The van der Waals surface area contributed by atoms with Crippen LogP contribution in [0.3, 0.4) is 0 Å². The van der Waals surface area contributed by atoms with Crippen LogP contribution in [0.4, 0.5) is 22.0 Å². The fourth-order valence-electron chi connectivity index (χ4n) is 3.86. The highest BCUT2D eigenvalue weighted by atomic mass is 19.4. The third-order valence-electron chi connectivity index (χ3n) is 5.07. The molecule has 132 valence electrons. The molecule has 2 aliphatic rings. The van der Waals surface area contributed by atoms with Gasteiger partial charge in [-0.25, -0.2) is 4.79 Å². The van der Waals surface area contributed by atoms with Crippen LogP contribution in [0.5, 0.6) is 0 Å². The van der Waals surface area contributed by atoms with Crippen LogP contribution in [0.1, 0.15) is 51.4 Å². The predicted molar refractivity (Wildman–Crippen MR) is 73.6 cm³/mol. The molecule has 0 unspecified atom stereocenters. The van der Waals surface area contributed by atoms with Crippen molar-refractivity contribution >= 4 is 5.97 Å². The van der Waals surface area contributed by atoms with Crippen molar-refractivity contribution in [2.75, 3.05) is 0 Å². The maximum atomic E-state index is 12.2. The lowest BCUT2D eigenvalue weighted by Crippen LogP contribution is -2.34. The van der Waals surface area contributed by atoms with E-state index in [1.165, 1.54) is 0 Å². The lowest BCUT2D eigenvalue weighted by Gasteiger charge is -2.37. The Kier molecular flexibility index (Phi) is 6.03. The number of halogens is 5. The van der Waals surface area contributed by atoms with Gasteiger partial charge in [-0.2, -0.15) is 22.0 Å². The van der Waals surface area contributed by atoms with Crippen LogP contribution in [-0.2, 0) is 9.53 Å². The van der Waals surface area contributed by atoms with E-state index in [9.17, 15) is 26.7 Å². The van der Waals surface area contributed by atoms with E-state index in [0.29, 0.717) is 24.7 Å². The fraction of sp³-hybridized carbons (Fsp3) is 0.812. The molecule has 0 aliphatic heterocycles. The van der Waals surface area contributed by atoms with Crippen LogP contribution in [0, 0.1) is 17.8 Å². The van der Waals surface area contributed by atoms with Crippen molar-refractivity contribution in [2.24, 2.45) is 17.8 Å². The molecule has 0 aromatic rings. The van der Waals surface area contributed by atoms with Gasteiger partial charge in [-0.3, -0.25) is 0 Å². The van der Waals surface area contributed by atoms with E-state index in [4.69, 9.17) is 0 Å². The summed E-state index contributed by atoms with van der Waals surface area (Å²) in [7, 11) is 0. The molecule has 23 heavy (non-hydrogen) atoms. The molecule has 2 aliphatic carbocycles. The molecule has 0 bridgehead atoms. The number of carbonyl (C=O) groups excluding carboxylic acids is 1. The molecule has 0 amide bonds. The van der Waals surface area contributed by atoms with Gasteiger partial charge >= 0.3 is 12.1 Å². The first-order chi connectivity index (χ1) is 10.8. The molecule has 0 aromatic heterocycles. The number of carbonyl (C=O) groups is 1. The first-order valence-corrected chi connectivity index (χ1v) is 8.06. The summed E-state index contributed by atoms with van der Waals surface area (Å²) in [6, 6.07) is 0. The molecule has 0 N–H and O–H groups in total. The highest BCUT2D eigenvalue weighted by Crippen LogP contribution is 2.41. The normalized spacial score (nSPS) is 32.2. The van der Waals surface area contributed by atoms with Gasteiger partial charge in [0.2, 0.25) is 0 Å². The molecule has 7 heteroatoms.